The Morgan fingerprint density at radius 3 is 2.47 bits per heavy atom. The van der Waals surface area contributed by atoms with Crippen LogP contribution in [0.5, 0.6) is 5.75 Å². The van der Waals surface area contributed by atoms with Crippen molar-refractivity contribution in [1.29, 1.82) is 0 Å². The van der Waals surface area contributed by atoms with Crippen molar-refractivity contribution in [1.82, 2.24) is 10.9 Å². The van der Waals surface area contributed by atoms with Gasteiger partial charge in [0.1, 0.15) is 5.75 Å². The van der Waals surface area contributed by atoms with Gasteiger partial charge in [0.2, 0.25) is 0 Å². The number of para-hydroxylation sites is 1. The summed E-state index contributed by atoms with van der Waals surface area (Å²) in [7, 11) is 0. The molecule has 6 heteroatoms. The van der Waals surface area contributed by atoms with E-state index >= 15 is 0 Å². The van der Waals surface area contributed by atoms with Gasteiger partial charge in [0.25, 0.3) is 11.8 Å². The summed E-state index contributed by atoms with van der Waals surface area (Å²) < 4.78 is 5.71. The molecule has 0 radical (unpaired) electrons. The van der Waals surface area contributed by atoms with Crippen molar-refractivity contribution in [2.45, 2.75) is 23.0 Å². The van der Waals surface area contributed by atoms with Crippen LogP contribution in [0.25, 0.3) is 0 Å². The van der Waals surface area contributed by atoms with Crippen LogP contribution in [0.4, 0.5) is 0 Å². The van der Waals surface area contributed by atoms with E-state index in [-0.39, 0.29) is 17.8 Å². The van der Waals surface area contributed by atoms with E-state index in [1.807, 2.05) is 66.7 Å². The van der Waals surface area contributed by atoms with Crippen LogP contribution in [-0.4, -0.2) is 23.7 Å². The maximum absolute atomic E-state index is 12.4. The van der Waals surface area contributed by atoms with Gasteiger partial charge >= 0.3 is 0 Å². The van der Waals surface area contributed by atoms with E-state index in [1.165, 1.54) is 17.3 Å². The molecule has 1 heterocycles. The fourth-order valence-corrected chi connectivity index (χ4v) is 4.52. The molecule has 2 amide bonds. The fraction of sp³-hybridized carbons (Fsp3) is 0.167. The highest BCUT2D eigenvalue weighted by atomic mass is 32.2. The first-order valence-corrected chi connectivity index (χ1v) is 10.6. The number of carbonyl (C=O) groups is 2. The van der Waals surface area contributed by atoms with E-state index in [9.17, 15) is 9.59 Å². The van der Waals surface area contributed by atoms with Crippen LogP contribution in [-0.2, 0) is 22.4 Å². The number of ether oxygens (including phenoxy) is 1. The summed E-state index contributed by atoms with van der Waals surface area (Å²) in [5, 5.41) is -0.241. The molecule has 5 nitrogen and oxygen atoms in total. The molecule has 0 bridgehead atoms. The molecule has 3 aromatic carbocycles. The topological polar surface area (TPSA) is 67.4 Å². The van der Waals surface area contributed by atoms with E-state index in [4.69, 9.17) is 4.74 Å². The van der Waals surface area contributed by atoms with E-state index in [1.54, 1.807) is 0 Å². The number of benzene rings is 3. The summed E-state index contributed by atoms with van der Waals surface area (Å²) in [5.41, 5.74) is 8.29. The minimum absolute atomic E-state index is 0.176. The summed E-state index contributed by atoms with van der Waals surface area (Å²) in [6, 6.07) is 25.7. The SMILES string of the molecule is O=C(COc1ccccc1Cc1ccccc1)NNC(=O)C1Cc2ccccc2S1. The molecule has 1 aliphatic rings. The normalized spacial score (nSPS) is 14.6. The zero-order valence-electron chi connectivity index (χ0n) is 16.3. The lowest BCUT2D eigenvalue weighted by molar-refractivity contribution is -0.129. The van der Waals surface area contributed by atoms with Crippen molar-refractivity contribution < 1.29 is 14.3 Å². The molecular weight excluding hydrogens is 396 g/mol. The molecule has 0 spiro atoms. The van der Waals surface area contributed by atoms with Gasteiger partial charge in [-0.25, -0.2) is 0 Å². The molecular formula is C24H22N2O3S. The first-order chi connectivity index (χ1) is 14.7. The highest BCUT2D eigenvalue weighted by molar-refractivity contribution is 8.01. The number of nitrogens with one attached hydrogen (secondary N) is 2. The van der Waals surface area contributed by atoms with Gasteiger partial charge in [0.15, 0.2) is 6.61 Å². The van der Waals surface area contributed by atoms with Crippen LogP contribution < -0.4 is 15.6 Å². The number of hydrogen-bond donors (Lipinski definition) is 2. The molecule has 4 rings (SSSR count). The van der Waals surface area contributed by atoms with Crippen molar-refractivity contribution in [3.05, 3.63) is 95.6 Å². The van der Waals surface area contributed by atoms with Crippen LogP contribution >= 0.6 is 11.8 Å². The average molecular weight is 419 g/mol. The lowest BCUT2D eigenvalue weighted by Crippen LogP contribution is -2.47. The van der Waals surface area contributed by atoms with E-state index in [0.29, 0.717) is 12.2 Å². The number of carbonyl (C=O) groups excluding carboxylic acids is 2. The molecule has 1 atom stereocenters. The lowest BCUT2D eigenvalue weighted by Gasteiger charge is -2.13. The number of hydrazine groups is 1. The molecule has 1 unspecified atom stereocenters. The number of rotatable bonds is 6. The summed E-state index contributed by atoms with van der Waals surface area (Å²) in [6.07, 6.45) is 1.38. The third-order valence-electron chi connectivity index (χ3n) is 4.83. The van der Waals surface area contributed by atoms with Gasteiger partial charge in [0, 0.05) is 11.3 Å². The zero-order chi connectivity index (χ0) is 20.8. The third-order valence-corrected chi connectivity index (χ3v) is 6.15. The Bertz CT molecular complexity index is 1010. The largest absolute Gasteiger partial charge is 0.483 e. The zero-order valence-corrected chi connectivity index (χ0v) is 17.2. The minimum atomic E-state index is -0.404. The van der Waals surface area contributed by atoms with Crippen molar-refractivity contribution >= 4 is 23.6 Å². The summed E-state index contributed by atoms with van der Waals surface area (Å²) in [5.74, 6) is 0.0389. The van der Waals surface area contributed by atoms with Crippen LogP contribution in [0.1, 0.15) is 16.7 Å². The Balaban J connectivity index is 1.26. The number of thioether (sulfide) groups is 1. The standard InChI is InChI=1S/C24H22N2O3S/c27-23(25-26-24(28)22-15-19-11-5-7-13-21(19)30-22)16-29-20-12-6-4-10-18(20)14-17-8-2-1-3-9-17/h1-13,22H,14-16H2,(H,25,27)(H,26,28). The molecule has 1 aliphatic heterocycles. The summed E-state index contributed by atoms with van der Waals surface area (Å²) in [4.78, 5) is 25.6. The smallest absolute Gasteiger partial charge is 0.276 e. The number of amides is 2. The van der Waals surface area contributed by atoms with Crippen molar-refractivity contribution in [3.8, 4) is 5.75 Å². The quantitative estimate of drug-likeness (QED) is 0.601. The van der Waals surface area contributed by atoms with Crippen LogP contribution in [0.3, 0.4) is 0 Å². The molecule has 0 aromatic heterocycles. The molecule has 30 heavy (non-hydrogen) atoms. The highest BCUT2D eigenvalue weighted by Gasteiger charge is 2.28. The van der Waals surface area contributed by atoms with Crippen LogP contribution in [0.15, 0.2) is 83.8 Å². The predicted octanol–water partition coefficient (Wildman–Crippen LogP) is 3.52. The van der Waals surface area contributed by atoms with E-state index in [0.717, 1.165) is 22.4 Å². The van der Waals surface area contributed by atoms with Crippen molar-refractivity contribution in [2.75, 3.05) is 6.61 Å². The minimum Gasteiger partial charge on any atom is -0.483 e. The maximum Gasteiger partial charge on any atom is 0.276 e. The molecule has 3 aromatic rings. The van der Waals surface area contributed by atoms with Crippen LogP contribution in [0, 0.1) is 0 Å². The molecule has 0 saturated heterocycles. The van der Waals surface area contributed by atoms with Gasteiger partial charge in [-0.1, -0.05) is 66.7 Å². The third kappa shape index (κ3) is 5.02. The van der Waals surface area contributed by atoms with E-state index < -0.39 is 5.91 Å². The van der Waals surface area contributed by atoms with Crippen LogP contribution in [0.2, 0.25) is 0 Å². The average Bonchev–Trinajstić information content (AvgIpc) is 3.22. The van der Waals surface area contributed by atoms with E-state index in [2.05, 4.69) is 23.0 Å². The van der Waals surface area contributed by atoms with Gasteiger partial charge in [-0.05, 0) is 35.2 Å². The first-order valence-electron chi connectivity index (χ1n) is 9.77. The first kappa shape index (κ1) is 20.0. The van der Waals surface area contributed by atoms with Gasteiger partial charge < -0.3 is 4.74 Å². The Morgan fingerprint density at radius 1 is 0.900 bits per heavy atom. The molecule has 0 fully saturated rings. The highest BCUT2D eigenvalue weighted by Crippen LogP contribution is 2.36. The second kappa shape index (κ2) is 9.50. The van der Waals surface area contributed by atoms with Gasteiger partial charge in [-0.3, -0.25) is 20.4 Å². The van der Waals surface area contributed by atoms with Crippen molar-refractivity contribution in [3.63, 3.8) is 0 Å². The fourth-order valence-electron chi connectivity index (χ4n) is 3.33. The summed E-state index contributed by atoms with van der Waals surface area (Å²) >= 11 is 1.51. The maximum atomic E-state index is 12.4. The van der Waals surface area contributed by atoms with Gasteiger partial charge in [-0.2, -0.15) is 0 Å². The monoisotopic (exact) mass is 418 g/mol. The predicted molar refractivity (Wildman–Crippen MR) is 117 cm³/mol. The number of fused-ring (bicyclic) bond motifs is 1. The molecule has 0 saturated carbocycles. The van der Waals surface area contributed by atoms with Gasteiger partial charge in [0.05, 0.1) is 5.25 Å². The summed E-state index contributed by atoms with van der Waals surface area (Å²) in [6.45, 7) is -0.176. The lowest BCUT2D eigenvalue weighted by atomic mass is 10.0. The Kier molecular flexibility index (Phi) is 6.35. The Hall–Kier alpha value is -3.25. The molecule has 2 N–H and O–H groups in total. The van der Waals surface area contributed by atoms with Crippen molar-refractivity contribution in [2.24, 2.45) is 0 Å². The second-order valence-electron chi connectivity index (χ2n) is 7.01. The molecule has 0 aliphatic carbocycles. The number of hydrogen-bond acceptors (Lipinski definition) is 4. The molecule has 152 valence electrons. The second-order valence-corrected chi connectivity index (χ2v) is 8.26. The van der Waals surface area contributed by atoms with Gasteiger partial charge in [-0.15, -0.1) is 11.8 Å². The Morgan fingerprint density at radius 2 is 1.63 bits per heavy atom. The Labute approximate surface area is 179 Å².